The predicted octanol–water partition coefficient (Wildman–Crippen LogP) is 9.79. The molecular weight excluding hydrogens is 492 g/mol. The Bertz CT molecular complexity index is 1930. The zero-order valence-electron chi connectivity index (χ0n) is 21.4. The molecule has 4 nitrogen and oxygen atoms in total. The highest BCUT2D eigenvalue weighted by molar-refractivity contribution is 5.91. The Balaban J connectivity index is 1.08. The molecule has 0 amide bonds. The van der Waals surface area contributed by atoms with E-state index in [1.807, 2.05) is 48.5 Å². The maximum atomic E-state index is 5.94. The lowest BCUT2D eigenvalue weighted by molar-refractivity contribution is 0.619. The molecule has 0 aliphatic rings. The van der Waals surface area contributed by atoms with Gasteiger partial charge >= 0.3 is 0 Å². The molecular formula is C36H22N2O2. The fourth-order valence-corrected chi connectivity index (χ4v) is 5.21. The smallest absolute Gasteiger partial charge is 0.227 e. The van der Waals surface area contributed by atoms with E-state index in [1.54, 1.807) is 0 Å². The Labute approximate surface area is 230 Å². The Morgan fingerprint density at radius 3 is 1.20 bits per heavy atom. The lowest BCUT2D eigenvalue weighted by Crippen LogP contribution is -1.83. The third-order valence-corrected chi connectivity index (χ3v) is 7.36. The van der Waals surface area contributed by atoms with E-state index in [0.717, 1.165) is 44.5 Å². The van der Waals surface area contributed by atoms with Crippen molar-refractivity contribution in [3.05, 3.63) is 133 Å². The summed E-state index contributed by atoms with van der Waals surface area (Å²) in [6.45, 7) is 0. The van der Waals surface area contributed by atoms with Gasteiger partial charge in [0.2, 0.25) is 11.8 Å². The second-order valence-electron chi connectivity index (χ2n) is 9.90. The van der Waals surface area contributed by atoms with Crippen LogP contribution in [0.5, 0.6) is 0 Å². The molecule has 0 aliphatic carbocycles. The molecule has 40 heavy (non-hydrogen) atoms. The van der Waals surface area contributed by atoms with Crippen molar-refractivity contribution in [1.29, 1.82) is 0 Å². The van der Waals surface area contributed by atoms with Gasteiger partial charge in [0, 0.05) is 11.1 Å². The Morgan fingerprint density at radius 1 is 0.350 bits per heavy atom. The topological polar surface area (TPSA) is 52.1 Å². The summed E-state index contributed by atoms with van der Waals surface area (Å²) in [5.41, 5.74) is 9.89. The summed E-state index contributed by atoms with van der Waals surface area (Å²) in [4.78, 5) is 9.24. The molecule has 0 fully saturated rings. The molecule has 0 atom stereocenters. The van der Waals surface area contributed by atoms with Gasteiger partial charge < -0.3 is 8.83 Å². The van der Waals surface area contributed by atoms with Gasteiger partial charge in [0.15, 0.2) is 11.2 Å². The van der Waals surface area contributed by atoms with E-state index in [9.17, 15) is 0 Å². The van der Waals surface area contributed by atoms with Crippen LogP contribution in [0.1, 0.15) is 0 Å². The average Bonchev–Trinajstić information content (AvgIpc) is 3.66. The van der Waals surface area contributed by atoms with E-state index in [2.05, 4.69) is 94.9 Å². The molecule has 2 aromatic heterocycles. The van der Waals surface area contributed by atoms with Crippen molar-refractivity contribution in [3.8, 4) is 45.2 Å². The van der Waals surface area contributed by atoms with Crippen LogP contribution in [-0.4, -0.2) is 9.97 Å². The normalized spacial score (nSPS) is 11.5. The summed E-state index contributed by atoms with van der Waals surface area (Å²) < 4.78 is 11.9. The molecule has 8 aromatic rings. The standard InChI is InChI=1S/C36H22N2O2/c1-3-7-33-31(5-1)37-35(39-33)26-15-9-23(10-16-26)28-19-13-25-14-20-29(22-30(25)21-28)24-11-17-27(18-12-24)36-38-32-6-2-4-8-34(32)40-36/h1-22H. The number of rotatable bonds is 4. The molecule has 0 spiro atoms. The lowest BCUT2D eigenvalue weighted by atomic mass is 9.97. The van der Waals surface area contributed by atoms with Gasteiger partial charge in [0.25, 0.3) is 0 Å². The van der Waals surface area contributed by atoms with E-state index in [-0.39, 0.29) is 0 Å². The first kappa shape index (κ1) is 22.5. The summed E-state index contributed by atoms with van der Waals surface area (Å²) in [5, 5.41) is 2.40. The molecule has 0 saturated carbocycles. The summed E-state index contributed by atoms with van der Waals surface area (Å²) in [7, 11) is 0. The first-order valence-electron chi connectivity index (χ1n) is 13.2. The number of benzene rings is 6. The van der Waals surface area contributed by atoms with Gasteiger partial charge in [-0.05, 0) is 93.7 Å². The van der Waals surface area contributed by atoms with Gasteiger partial charge in [-0.15, -0.1) is 0 Å². The molecule has 0 saturated heterocycles. The minimum atomic E-state index is 0.637. The van der Waals surface area contributed by atoms with Gasteiger partial charge in [-0.1, -0.05) is 72.8 Å². The van der Waals surface area contributed by atoms with E-state index < -0.39 is 0 Å². The molecule has 6 aromatic carbocycles. The van der Waals surface area contributed by atoms with Crippen LogP contribution in [0, 0.1) is 0 Å². The maximum Gasteiger partial charge on any atom is 0.227 e. The zero-order valence-corrected chi connectivity index (χ0v) is 21.4. The molecule has 0 radical (unpaired) electrons. The van der Waals surface area contributed by atoms with Crippen LogP contribution < -0.4 is 0 Å². The van der Waals surface area contributed by atoms with Crippen molar-refractivity contribution in [3.63, 3.8) is 0 Å². The summed E-state index contributed by atoms with van der Waals surface area (Å²) >= 11 is 0. The van der Waals surface area contributed by atoms with Crippen LogP contribution in [0.15, 0.2) is 142 Å². The van der Waals surface area contributed by atoms with Crippen molar-refractivity contribution >= 4 is 33.0 Å². The highest BCUT2D eigenvalue weighted by atomic mass is 16.4. The van der Waals surface area contributed by atoms with Gasteiger partial charge in [0.1, 0.15) is 11.0 Å². The van der Waals surface area contributed by atoms with Crippen LogP contribution in [-0.2, 0) is 0 Å². The number of oxazole rings is 2. The largest absolute Gasteiger partial charge is 0.436 e. The quantitative estimate of drug-likeness (QED) is 0.234. The average molecular weight is 515 g/mol. The van der Waals surface area contributed by atoms with Gasteiger partial charge in [-0.2, -0.15) is 0 Å². The number of nitrogens with zero attached hydrogens (tertiary/aromatic N) is 2. The summed E-state index contributed by atoms with van der Waals surface area (Å²) in [6, 6.07) is 45.6. The second kappa shape index (κ2) is 9.07. The van der Waals surface area contributed by atoms with Crippen LogP contribution in [0.4, 0.5) is 0 Å². The van der Waals surface area contributed by atoms with Crippen molar-refractivity contribution in [1.82, 2.24) is 9.97 Å². The monoisotopic (exact) mass is 514 g/mol. The number of aromatic nitrogens is 2. The van der Waals surface area contributed by atoms with E-state index in [0.29, 0.717) is 11.8 Å². The van der Waals surface area contributed by atoms with Crippen molar-refractivity contribution < 1.29 is 8.83 Å². The molecule has 0 N–H and O–H groups in total. The number of hydrogen-bond donors (Lipinski definition) is 0. The molecule has 2 heterocycles. The minimum Gasteiger partial charge on any atom is -0.436 e. The number of para-hydroxylation sites is 4. The van der Waals surface area contributed by atoms with Crippen LogP contribution in [0.3, 0.4) is 0 Å². The predicted molar refractivity (Wildman–Crippen MR) is 161 cm³/mol. The van der Waals surface area contributed by atoms with Gasteiger partial charge in [-0.3, -0.25) is 0 Å². The van der Waals surface area contributed by atoms with Crippen molar-refractivity contribution in [2.45, 2.75) is 0 Å². The molecule has 0 unspecified atom stereocenters. The Morgan fingerprint density at radius 2 is 0.750 bits per heavy atom. The maximum absolute atomic E-state index is 5.94. The van der Waals surface area contributed by atoms with Crippen molar-refractivity contribution in [2.75, 3.05) is 0 Å². The lowest BCUT2D eigenvalue weighted by Gasteiger charge is -2.08. The van der Waals surface area contributed by atoms with Gasteiger partial charge in [0.05, 0.1) is 0 Å². The van der Waals surface area contributed by atoms with E-state index in [4.69, 9.17) is 8.83 Å². The SMILES string of the molecule is c1ccc2oc(-c3ccc(-c4ccc5ccc(-c6ccc(-c7nc8ccccc8o7)cc6)cc5c4)cc3)nc2c1. The van der Waals surface area contributed by atoms with Crippen LogP contribution >= 0.6 is 0 Å². The van der Waals surface area contributed by atoms with Crippen LogP contribution in [0.2, 0.25) is 0 Å². The molecule has 4 heteroatoms. The molecule has 0 aliphatic heterocycles. The highest BCUT2D eigenvalue weighted by Gasteiger charge is 2.10. The molecule has 0 bridgehead atoms. The van der Waals surface area contributed by atoms with Crippen LogP contribution in [0.25, 0.3) is 78.1 Å². The molecule has 8 rings (SSSR count). The summed E-state index contributed by atoms with van der Waals surface area (Å²) in [5.74, 6) is 1.27. The molecule has 188 valence electrons. The number of hydrogen-bond acceptors (Lipinski definition) is 4. The Hall–Kier alpha value is -5.48. The second-order valence-corrected chi connectivity index (χ2v) is 9.90. The van der Waals surface area contributed by atoms with Gasteiger partial charge in [-0.25, -0.2) is 9.97 Å². The first-order valence-corrected chi connectivity index (χ1v) is 13.2. The summed E-state index contributed by atoms with van der Waals surface area (Å²) in [6.07, 6.45) is 0. The fourth-order valence-electron chi connectivity index (χ4n) is 5.21. The highest BCUT2D eigenvalue weighted by Crippen LogP contribution is 2.32. The minimum absolute atomic E-state index is 0.637. The third-order valence-electron chi connectivity index (χ3n) is 7.36. The van der Waals surface area contributed by atoms with E-state index in [1.165, 1.54) is 21.9 Å². The fraction of sp³-hybridized carbons (Fsp3) is 0. The first-order chi connectivity index (χ1) is 19.8. The Kier molecular flexibility index (Phi) is 5.10. The zero-order chi connectivity index (χ0) is 26.5. The third kappa shape index (κ3) is 3.94. The van der Waals surface area contributed by atoms with Crippen molar-refractivity contribution in [2.24, 2.45) is 0 Å². The number of fused-ring (bicyclic) bond motifs is 3. The van der Waals surface area contributed by atoms with E-state index >= 15 is 0 Å².